The van der Waals surface area contributed by atoms with Gasteiger partial charge in [0.05, 0.1) is 11.5 Å². The van der Waals surface area contributed by atoms with Crippen molar-refractivity contribution in [2.24, 2.45) is 11.8 Å². The lowest BCUT2D eigenvalue weighted by Crippen LogP contribution is -2.42. The Morgan fingerprint density at radius 3 is 2.33 bits per heavy atom. The van der Waals surface area contributed by atoms with E-state index in [2.05, 4.69) is 18.6 Å². The quantitative estimate of drug-likeness (QED) is 0.790. The number of carbonyl (C=O) groups is 1. The molecule has 6 nitrogen and oxygen atoms in total. The molecule has 1 amide bonds. The molecule has 2 rings (SSSR count). The van der Waals surface area contributed by atoms with E-state index in [9.17, 15) is 13.2 Å². The van der Waals surface area contributed by atoms with Crippen LogP contribution < -0.4 is 4.72 Å². The van der Waals surface area contributed by atoms with E-state index in [1.807, 2.05) is 4.90 Å². The lowest BCUT2D eigenvalue weighted by atomic mass is 9.91. The van der Waals surface area contributed by atoms with Gasteiger partial charge in [0.1, 0.15) is 0 Å². The number of hydrogen-bond donors (Lipinski definition) is 1. The van der Waals surface area contributed by atoms with Crippen molar-refractivity contribution >= 4 is 15.9 Å². The number of methoxy groups -OCH3 is 1. The van der Waals surface area contributed by atoms with Crippen molar-refractivity contribution in [3.05, 3.63) is 29.8 Å². The standard InChI is InChI=1S/C17H26N2O4S/c1-13-10-14(2)12-19(11-13)17(20)15-4-6-16(7-5-15)24(21,22)18-8-9-23-3/h4-7,13-14,18H,8-12H2,1-3H3/t13-,14-/m1/s1. The van der Waals surface area contributed by atoms with Crippen LogP contribution in [0.25, 0.3) is 0 Å². The molecule has 1 fully saturated rings. The van der Waals surface area contributed by atoms with Crippen LogP contribution in [0.5, 0.6) is 0 Å². The lowest BCUT2D eigenvalue weighted by molar-refractivity contribution is 0.0623. The van der Waals surface area contributed by atoms with Gasteiger partial charge in [-0.05, 0) is 42.5 Å². The van der Waals surface area contributed by atoms with Gasteiger partial charge in [0.15, 0.2) is 0 Å². The first-order valence-corrected chi connectivity index (χ1v) is 9.69. The maximum absolute atomic E-state index is 12.6. The number of nitrogens with zero attached hydrogens (tertiary/aromatic N) is 1. The number of nitrogens with one attached hydrogen (secondary N) is 1. The van der Waals surface area contributed by atoms with Gasteiger partial charge in [-0.25, -0.2) is 13.1 Å². The number of hydrogen-bond acceptors (Lipinski definition) is 4. The van der Waals surface area contributed by atoms with Gasteiger partial charge in [0, 0.05) is 32.3 Å². The summed E-state index contributed by atoms with van der Waals surface area (Å²) in [6.45, 7) is 6.32. The van der Waals surface area contributed by atoms with Crippen LogP contribution >= 0.6 is 0 Å². The maximum atomic E-state index is 12.6. The number of benzene rings is 1. The minimum Gasteiger partial charge on any atom is -0.383 e. The van der Waals surface area contributed by atoms with Gasteiger partial charge >= 0.3 is 0 Å². The third kappa shape index (κ3) is 4.78. The van der Waals surface area contributed by atoms with Crippen LogP contribution in [0, 0.1) is 11.8 Å². The average molecular weight is 354 g/mol. The van der Waals surface area contributed by atoms with E-state index in [-0.39, 0.29) is 17.3 Å². The summed E-state index contributed by atoms with van der Waals surface area (Å²) in [6.07, 6.45) is 1.13. The second kappa shape index (κ2) is 8.09. The molecule has 134 valence electrons. The van der Waals surface area contributed by atoms with Crippen LogP contribution in [0.15, 0.2) is 29.2 Å². The fraction of sp³-hybridized carbons (Fsp3) is 0.588. The van der Waals surface area contributed by atoms with Crippen molar-refractivity contribution in [1.82, 2.24) is 9.62 Å². The number of amides is 1. The Morgan fingerprint density at radius 1 is 1.21 bits per heavy atom. The molecule has 24 heavy (non-hydrogen) atoms. The molecule has 1 aromatic rings. The molecule has 0 saturated carbocycles. The van der Waals surface area contributed by atoms with E-state index in [4.69, 9.17) is 4.74 Å². The minimum atomic E-state index is -3.57. The van der Waals surface area contributed by atoms with Crippen molar-refractivity contribution < 1.29 is 17.9 Å². The van der Waals surface area contributed by atoms with Gasteiger partial charge in [-0.3, -0.25) is 4.79 Å². The molecule has 0 aromatic heterocycles. The zero-order chi connectivity index (χ0) is 17.7. The van der Waals surface area contributed by atoms with E-state index < -0.39 is 10.0 Å². The van der Waals surface area contributed by atoms with Gasteiger partial charge in [-0.1, -0.05) is 13.8 Å². The molecule has 1 heterocycles. The van der Waals surface area contributed by atoms with Crippen LogP contribution in [0.4, 0.5) is 0 Å². The third-order valence-electron chi connectivity index (χ3n) is 4.17. The van der Waals surface area contributed by atoms with Crippen LogP contribution in [0.3, 0.4) is 0 Å². The highest BCUT2D eigenvalue weighted by Crippen LogP contribution is 2.23. The predicted octanol–water partition coefficient (Wildman–Crippen LogP) is 1.73. The smallest absolute Gasteiger partial charge is 0.253 e. The van der Waals surface area contributed by atoms with Gasteiger partial charge in [0.25, 0.3) is 5.91 Å². The zero-order valence-corrected chi connectivity index (χ0v) is 15.3. The normalized spacial score (nSPS) is 21.7. The molecule has 1 aliphatic rings. The summed E-state index contributed by atoms with van der Waals surface area (Å²) in [5, 5.41) is 0. The van der Waals surface area contributed by atoms with E-state index in [1.54, 1.807) is 12.1 Å². The second-order valence-corrected chi connectivity index (χ2v) is 8.34. The highest BCUT2D eigenvalue weighted by Gasteiger charge is 2.26. The van der Waals surface area contributed by atoms with Crippen LogP contribution in [-0.2, 0) is 14.8 Å². The summed E-state index contributed by atoms with van der Waals surface area (Å²) in [7, 11) is -2.06. The summed E-state index contributed by atoms with van der Waals surface area (Å²) >= 11 is 0. The first-order valence-electron chi connectivity index (χ1n) is 8.21. The topological polar surface area (TPSA) is 75.7 Å². The van der Waals surface area contributed by atoms with E-state index in [1.165, 1.54) is 19.2 Å². The Hall–Kier alpha value is -1.44. The molecule has 7 heteroatoms. The number of piperidine rings is 1. The number of likely N-dealkylation sites (tertiary alicyclic amines) is 1. The van der Waals surface area contributed by atoms with Crippen LogP contribution in [0.2, 0.25) is 0 Å². The Labute approximate surface area is 144 Å². The molecule has 0 bridgehead atoms. The number of ether oxygens (including phenoxy) is 1. The summed E-state index contributed by atoms with van der Waals surface area (Å²) in [5.41, 5.74) is 0.521. The highest BCUT2D eigenvalue weighted by molar-refractivity contribution is 7.89. The van der Waals surface area contributed by atoms with Gasteiger partial charge in [-0.2, -0.15) is 0 Å². The number of rotatable bonds is 6. The molecule has 1 aromatic carbocycles. The summed E-state index contributed by atoms with van der Waals surface area (Å²) < 4.78 is 31.5. The van der Waals surface area contributed by atoms with Crippen LogP contribution in [0.1, 0.15) is 30.6 Å². The summed E-state index contributed by atoms with van der Waals surface area (Å²) in [4.78, 5) is 14.6. The monoisotopic (exact) mass is 354 g/mol. The number of sulfonamides is 1. The second-order valence-electron chi connectivity index (χ2n) is 6.57. The molecule has 0 unspecified atom stereocenters. The number of carbonyl (C=O) groups excluding carboxylic acids is 1. The van der Waals surface area contributed by atoms with Gasteiger partial charge in [0.2, 0.25) is 10.0 Å². The fourth-order valence-corrected chi connectivity index (χ4v) is 4.16. The summed E-state index contributed by atoms with van der Waals surface area (Å²) in [5.74, 6) is 0.939. The molecule has 0 spiro atoms. The lowest BCUT2D eigenvalue weighted by Gasteiger charge is -2.35. The third-order valence-corrected chi connectivity index (χ3v) is 5.64. The average Bonchev–Trinajstić information content (AvgIpc) is 2.53. The molecule has 1 N–H and O–H groups in total. The Bertz CT molecular complexity index is 648. The van der Waals surface area contributed by atoms with E-state index in [0.29, 0.717) is 24.0 Å². The minimum absolute atomic E-state index is 0.0373. The largest absolute Gasteiger partial charge is 0.383 e. The molecular weight excluding hydrogens is 328 g/mol. The SMILES string of the molecule is COCCNS(=O)(=O)c1ccc(C(=O)N2C[C@H](C)C[C@@H](C)C2)cc1. The Balaban J connectivity index is 2.07. The van der Waals surface area contributed by atoms with Gasteiger partial charge < -0.3 is 9.64 Å². The van der Waals surface area contributed by atoms with Crippen molar-refractivity contribution in [2.45, 2.75) is 25.2 Å². The van der Waals surface area contributed by atoms with E-state index in [0.717, 1.165) is 19.5 Å². The van der Waals surface area contributed by atoms with Crippen LogP contribution in [-0.4, -0.2) is 52.6 Å². The van der Waals surface area contributed by atoms with Crippen molar-refractivity contribution in [1.29, 1.82) is 0 Å². The molecule has 1 saturated heterocycles. The molecule has 2 atom stereocenters. The first-order chi connectivity index (χ1) is 11.3. The molecule has 0 radical (unpaired) electrons. The highest BCUT2D eigenvalue weighted by atomic mass is 32.2. The molecule has 0 aliphatic carbocycles. The zero-order valence-electron chi connectivity index (χ0n) is 14.5. The Morgan fingerprint density at radius 2 is 1.79 bits per heavy atom. The van der Waals surface area contributed by atoms with Crippen molar-refractivity contribution in [3.8, 4) is 0 Å². The summed E-state index contributed by atoms with van der Waals surface area (Å²) in [6, 6.07) is 6.10. The molecule has 1 aliphatic heterocycles. The predicted molar refractivity (Wildman–Crippen MR) is 92.4 cm³/mol. The van der Waals surface area contributed by atoms with Crippen molar-refractivity contribution in [2.75, 3.05) is 33.4 Å². The Kier molecular flexibility index (Phi) is 6.37. The fourth-order valence-electron chi connectivity index (χ4n) is 3.15. The van der Waals surface area contributed by atoms with Crippen molar-refractivity contribution in [3.63, 3.8) is 0 Å². The molecular formula is C17H26N2O4S. The first kappa shape index (κ1) is 18.9. The van der Waals surface area contributed by atoms with Gasteiger partial charge in [-0.15, -0.1) is 0 Å². The maximum Gasteiger partial charge on any atom is 0.253 e. The van der Waals surface area contributed by atoms with E-state index >= 15 is 0 Å².